The molecule has 6 nitrogen and oxygen atoms in total. The van der Waals surface area contributed by atoms with Crippen LogP contribution < -0.4 is 15.4 Å². The van der Waals surface area contributed by atoms with E-state index in [0.29, 0.717) is 23.1 Å². The van der Waals surface area contributed by atoms with Gasteiger partial charge in [-0.05, 0) is 36.5 Å². The number of cyclic esters (lactones) is 1. The molecule has 2 heterocycles. The predicted octanol–water partition coefficient (Wildman–Crippen LogP) is 3.22. The Bertz CT molecular complexity index is 693. The molecule has 1 aromatic rings. The summed E-state index contributed by atoms with van der Waals surface area (Å²) < 4.78 is 40.0. The number of halogens is 2. The number of ether oxygens (including phenoxy) is 1. The number of hydrogen-bond donors (Lipinski definition) is 3. The molecule has 2 fully saturated rings. The van der Waals surface area contributed by atoms with Gasteiger partial charge in [0.05, 0.1) is 13.1 Å². The molecule has 0 radical (unpaired) electrons. The standard InChI is InChI=1S/C17H23F2N3O3S2/c18-15(19)16(26)21-9-14-10-22(17(23)25-14)13-3-1-11(2-4-13)12-5-7-27(20,24)8-6-12/h1-4,12,14-15,24H,5-10,20H2,(H,21,26)/t14-/m0/s1. The molecule has 2 aliphatic rings. The zero-order valence-corrected chi connectivity index (χ0v) is 16.3. The quantitative estimate of drug-likeness (QED) is 0.635. The van der Waals surface area contributed by atoms with Crippen molar-refractivity contribution < 1.29 is 22.9 Å². The third kappa shape index (κ3) is 5.07. The number of carbonyl (C=O) groups excluding carboxylic acids is 1. The number of benzene rings is 1. The Morgan fingerprint density at radius 2 is 2.00 bits per heavy atom. The average Bonchev–Trinajstić information content (AvgIpc) is 3.00. The third-order valence-corrected chi connectivity index (χ3v) is 7.10. The van der Waals surface area contributed by atoms with Crippen molar-refractivity contribution >= 4 is 39.5 Å². The number of carbonyl (C=O) groups is 1. The van der Waals surface area contributed by atoms with Crippen LogP contribution in [0, 0.1) is 0 Å². The molecule has 10 heteroatoms. The number of nitrogens with zero attached hydrogens (tertiary/aromatic N) is 1. The van der Waals surface area contributed by atoms with Crippen molar-refractivity contribution in [2.75, 3.05) is 29.5 Å². The average molecular weight is 420 g/mol. The van der Waals surface area contributed by atoms with E-state index in [1.54, 1.807) is 0 Å². The summed E-state index contributed by atoms with van der Waals surface area (Å²) in [5.41, 5.74) is 1.85. The second-order valence-electron chi connectivity index (χ2n) is 6.84. The van der Waals surface area contributed by atoms with E-state index in [9.17, 15) is 18.1 Å². The van der Waals surface area contributed by atoms with Crippen molar-refractivity contribution in [3.8, 4) is 0 Å². The van der Waals surface area contributed by atoms with Crippen LogP contribution in [-0.4, -0.2) is 52.8 Å². The van der Waals surface area contributed by atoms with E-state index in [1.165, 1.54) is 4.90 Å². The maximum Gasteiger partial charge on any atom is 0.414 e. The molecule has 1 amide bonds. The zero-order valence-electron chi connectivity index (χ0n) is 14.6. The van der Waals surface area contributed by atoms with Crippen LogP contribution in [0.2, 0.25) is 0 Å². The molecular weight excluding hydrogens is 396 g/mol. The van der Waals surface area contributed by atoms with Crippen LogP contribution >= 0.6 is 22.7 Å². The van der Waals surface area contributed by atoms with Gasteiger partial charge in [-0.3, -0.25) is 10.0 Å². The van der Waals surface area contributed by atoms with Gasteiger partial charge in [0.2, 0.25) is 0 Å². The van der Waals surface area contributed by atoms with E-state index >= 15 is 0 Å². The van der Waals surface area contributed by atoms with Gasteiger partial charge in [0.1, 0.15) is 11.1 Å². The second-order valence-corrected chi connectivity index (χ2v) is 9.90. The summed E-state index contributed by atoms with van der Waals surface area (Å²) in [6, 6.07) is 7.65. The maximum atomic E-state index is 12.4. The number of rotatable bonds is 5. The Morgan fingerprint density at radius 3 is 2.59 bits per heavy atom. The number of alkyl halides is 2. The Labute approximate surface area is 163 Å². The van der Waals surface area contributed by atoms with Gasteiger partial charge in [0.25, 0.3) is 6.43 Å². The van der Waals surface area contributed by atoms with Crippen molar-refractivity contribution in [1.29, 1.82) is 0 Å². The number of thiocarbonyl (C=S) groups is 1. The van der Waals surface area contributed by atoms with E-state index < -0.39 is 34.1 Å². The van der Waals surface area contributed by atoms with Crippen LogP contribution in [0.25, 0.3) is 0 Å². The highest BCUT2D eigenvalue weighted by Crippen LogP contribution is 2.45. The summed E-state index contributed by atoms with van der Waals surface area (Å²) in [6.45, 7) is 0.319. The third-order valence-electron chi connectivity index (χ3n) is 4.89. The molecule has 2 aliphatic heterocycles. The first-order valence-corrected chi connectivity index (χ1v) is 11.1. The molecule has 0 aromatic heterocycles. The SMILES string of the molecule is NS1(O)CCC(c2ccc(N3C[C@H](CNC(=S)C(F)F)OC3=O)cc2)CC1. The molecule has 0 bridgehead atoms. The summed E-state index contributed by atoms with van der Waals surface area (Å²) in [4.78, 5) is 13.0. The molecule has 3 rings (SSSR count). The fourth-order valence-electron chi connectivity index (χ4n) is 3.33. The van der Waals surface area contributed by atoms with E-state index in [0.717, 1.165) is 18.4 Å². The summed E-state index contributed by atoms with van der Waals surface area (Å²) in [7, 11) is -1.91. The molecule has 2 saturated heterocycles. The van der Waals surface area contributed by atoms with Crippen LogP contribution in [0.3, 0.4) is 0 Å². The molecular formula is C17H23F2N3O3S2. The number of amides is 1. The van der Waals surface area contributed by atoms with Gasteiger partial charge in [-0.25, -0.2) is 13.6 Å². The van der Waals surface area contributed by atoms with Crippen molar-refractivity contribution in [2.24, 2.45) is 5.14 Å². The number of nitrogens with two attached hydrogens (primary N) is 1. The first-order chi connectivity index (χ1) is 12.7. The molecule has 0 aliphatic carbocycles. The van der Waals surface area contributed by atoms with E-state index in [-0.39, 0.29) is 13.1 Å². The molecule has 0 spiro atoms. The van der Waals surface area contributed by atoms with Crippen LogP contribution in [0.4, 0.5) is 19.3 Å². The molecule has 0 saturated carbocycles. The summed E-state index contributed by atoms with van der Waals surface area (Å²) in [5, 5.41) is 8.26. The Kier molecular flexibility index (Phi) is 6.19. The monoisotopic (exact) mass is 419 g/mol. The van der Waals surface area contributed by atoms with Gasteiger partial charge in [-0.2, -0.15) is 0 Å². The highest BCUT2D eigenvalue weighted by atomic mass is 32.3. The highest BCUT2D eigenvalue weighted by Gasteiger charge is 2.33. The smallest absolute Gasteiger partial charge is 0.414 e. The number of anilines is 1. The molecule has 1 aromatic carbocycles. The minimum atomic E-state index is -2.72. The summed E-state index contributed by atoms with van der Waals surface area (Å²) in [5.74, 6) is 1.65. The Hall–Kier alpha value is -1.49. The molecule has 27 heavy (non-hydrogen) atoms. The van der Waals surface area contributed by atoms with Crippen LogP contribution in [0.15, 0.2) is 24.3 Å². The molecule has 0 unspecified atom stereocenters. The molecule has 150 valence electrons. The first kappa shape index (κ1) is 20.2. The van der Waals surface area contributed by atoms with Crippen molar-refractivity contribution in [3.05, 3.63) is 29.8 Å². The fourth-order valence-corrected chi connectivity index (χ4v) is 5.00. The minimum absolute atomic E-state index is 0.0515. The zero-order chi connectivity index (χ0) is 19.6. The van der Waals surface area contributed by atoms with Crippen LogP contribution in [-0.2, 0) is 4.74 Å². The summed E-state index contributed by atoms with van der Waals surface area (Å²) in [6.07, 6.45) is -2.07. The Morgan fingerprint density at radius 1 is 1.37 bits per heavy atom. The fraction of sp³-hybridized carbons (Fsp3) is 0.529. The lowest BCUT2D eigenvalue weighted by molar-refractivity contribution is 0.142. The second kappa shape index (κ2) is 8.26. The lowest BCUT2D eigenvalue weighted by Crippen LogP contribution is -2.36. The molecule has 1 atom stereocenters. The minimum Gasteiger partial charge on any atom is -0.442 e. The van der Waals surface area contributed by atoms with Crippen LogP contribution in [0.5, 0.6) is 0 Å². The van der Waals surface area contributed by atoms with E-state index in [2.05, 4.69) is 17.5 Å². The lowest BCUT2D eigenvalue weighted by Gasteiger charge is -2.37. The largest absolute Gasteiger partial charge is 0.442 e. The van der Waals surface area contributed by atoms with Gasteiger partial charge in [0, 0.05) is 17.2 Å². The number of nitrogens with one attached hydrogen (secondary N) is 1. The van der Waals surface area contributed by atoms with Crippen molar-refractivity contribution in [2.45, 2.75) is 31.3 Å². The Balaban J connectivity index is 1.57. The van der Waals surface area contributed by atoms with Crippen LogP contribution in [0.1, 0.15) is 24.3 Å². The normalized spacial score (nSPS) is 30.7. The topological polar surface area (TPSA) is 87.8 Å². The number of hydrogen-bond acceptors (Lipinski definition) is 5. The first-order valence-electron chi connectivity index (χ1n) is 8.68. The van der Waals surface area contributed by atoms with Gasteiger partial charge >= 0.3 is 6.09 Å². The van der Waals surface area contributed by atoms with Gasteiger partial charge in [-0.1, -0.05) is 34.8 Å². The van der Waals surface area contributed by atoms with Gasteiger partial charge in [0.15, 0.2) is 0 Å². The van der Waals surface area contributed by atoms with E-state index in [4.69, 9.17) is 9.88 Å². The van der Waals surface area contributed by atoms with Gasteiger partial charge < -0.3 is 14.6 Å². The highest BCUT2D eigenvalue weighted by molar-refractivity contribution is 8.27. The maximum absolute atomic E-state index is 12.4. The molecule has 4 N–H and O–H groups in total. The van der Waals surface area contributed by atoms with Crippen molar-refractivity contribution in [3.63, 3.8) is 0 Å². The predicted molar refractivity (Wildman–Crippen MR) is 107 cm³/mol. The van der Waals surface area contributed by atoms with E-state index in [1.807, 2.05) is 24.3 Å². The summed E-state index contributed by atoms with van der Waals surface area (Å²) >= 11 is 4.52. The van der Waals surface area contributed by atoms with Gasteiger partial charge in [-0.15, -0.1) is 0 Å². The van der Waals surface area contributed by atoms with Crippen molar-refractivity contribution in [1.82, 2.24) is 5.32 Å². The lowest BCUT2D eigenvalue weighted by atomic mass is 9.93.